The zero-order valence-electron chi connectivity index (χ0n) is 9.05. The smallest absolute Gasteiger partial charge is 0.391 e. The van der Waals surface area contributed by atoms with Crippen LogP contribution in [0.5, 0.6) is 0 Å². The third-order valence-corrected chi connectivity index (χ3v) is 1.96. The Bertz CT molecular complexity index is 192. The molecule has 16 heavy (non-hydrogen) atoms. The van der Waals surface area contributed by atoms with Crippen molar-refractivity contribution in [2.24, 2.45) is 0 Å². The number of halogens is 3. The summed E-state index contributed by atoms with van der Waals surface area (Å²) in [5.41, 5.74) is 0. The van der Waals surface area contributed by atoms with E-state index in [0.717, 1.165) is 12.8 Å². The van der Waals surface area contributed by atoms with Crippen LogP contribution in [0.3, 0.4) is 0 Å². The number of carboxylic acid groups (broad SMARTS) is 1. The molecule has 0 aliphatic heterocycles. The summed E-state index contributed by atoms with van der Waals surface area (Å²) in [5, 5.41) is 8.33. The number of hydrogen-bond acceptors (Lipinski definition) is 2. The summed E-state index contributed by atoms with van der Waals surface area (Å²) in [4.78, 5) is 10.1. The molecule has 6 heteroatoms. The second-order valence-electron chi connectivity index (χ2n) is 3.54. The highest BCUT2D eigenvalue weighted by atomic mass is 19.4. The highest BCUT2D eigenvalue weighted by Crippen LogP contribution is 2.19. The average molecular weight is 242 g/mol. The number of carbonyl (C=O) groups is 1. The molecular weight excluding hydrogens is 225 g/mol. The Morgan fingerprint density at radius 2 is 1.69 bits per heavy atom. The van der Waals surface area contributed by atoms with Crippen LogP contribution in [0.4, 0.5) is 13.2 Å². The minimum atomic E-state index is -4.15. The van der Waals surface area contributed by atoms with E-state index in [0.29, 0.717) is 19.4 Å². The number of unbranched alkanes of at least 4 members (excludes halogenated alkanes) is 3. The minimum absolute atomic E-state index is 0.148. The molecule has 1 N–H and O–H groups in total. The summed E-state index contributed by atoms with van der Waals surface area (Å²) < 4.78 is 39.8. The van der Waals surface area contributed by atoms with Gasteiger partial charge in [-0.2, -0.15) is 13.2 Å². The molecule has 0 atom stereocenters. The molecular formula is C10H17F3O3. The number of hydrogen-bond donors (Lipinski definition) is 1. The molecule has 0 spiro atoms. The number of rotatable bonds is 9. The Morgan fingerprint density at radius 1 is 1.06 bits per heavy atom. The van der Waals surface area contributed by atoms with Crippen LogP contribution in [0.25, 0.3) is 0 Å². The molecule has 0 saturated carbocycles. The van der Waals surface area contributed by atoms with E-state index in [1.807, 2.05) is 0 Å². The van der Waals surface area contributed by atoms with Crippen molar-refractivity contribution in [2.75, 3.05) is 13.2 Å². The second-order valence-corrected chi connectivity index (χ2v) is 3.54. The zero-order chi connectivity index (χ0) is 12.4. The van der Waals surface area contributed by atoms with Gasteiger partial charge in [-0.25, -0.2) is 0 Å². The topological polar surface area (TPSA) is 46.5 Å². The summed E-state index contributed by atoms with van der Waals surface area (Å²) >= 11 is 0. The molecule has 0 heterocycles. The van der Waals surface area contributed by atoms with Gasteiger partial charge in [0.05, 0.1) is 13.0 Å². The molecule has 0 aromatic heterocycles. The van der Waals surface area contributed by atoms with Gasteiger partial charge in [-0.05, 0) is 12.8 Å². The van der Waals surface area contributed by atoms with Crippen LogP contribution in [0.15, 0.2) is 0 Å². The fraction of sp³-hybridized carbons (Fsp3) is 0.900. The largest absolute Gasteiger partial charge is 0.481 e. The minimum Gasteiger partial charge on any atom is -0.481 e. The maximum absolute atomic E-state index is 11.7. The van der Waals surface area contributed by atoms with Crippen molar-refractivity contribution in [1.82, 2.24) is 0 Å². The second kappa shape index (κ2) is 8.38. The third-order valence-electron chi connectivity index (χ3n) is 1.96. The van der Waals surface area contributed by atoms with E-state index in [-0.39, 0.29) is 13.0 Å². The number of aliphatic carboxylic acids is 1. The molecule has 0 radical (unpaired) electrons. The molecule has 0 rings (SSSR count). The van der Waals surface area contributed by atoms with Crippen LogP contribution >= 0.6 is 0 Å². The van der Waals surface area contributed by atoms with Gasteiger partial charge < -0.3 is 9.84 Å². The fourth-order valence-corrected chi connectivity index (χ4v) is 1.12. The zero-order valence-corrected chi connectivity index (χ0v) is 9.05. The standard InChI is InChI=1S/C10H17F3O3/c11-10(12,13)6-8-16-7-4-2-1-3-5-9(14)15/h1-8H2,(H,14,15). The summed E-state index contributed by atoms with van der Waals surface area (Å²) in [6.45, 7) is 0.0157. The molecule has 0 aromatic carbocycles. The van der Waals surface area contributed by atoms with Crippen LogP contribution in [0.1, 0.15) is 38.5 Å². The van der Waals surface area contributed by atoms with Crippen LogP contribution < -0.4 is 0 Å². The third kappa shape index (κ3) is 13.2. The molecule has 3 nitrogen and oxygen atoms in total. The fourth-order valence-electron chi connectivity index (χ4n) is 1.12. The van der Waals surface area contributed by atoms with E-state index >= 15 is 0 Å². The molecule has 0 fully saturated rings. The lowest BCUT2D eigenvalue weighted by molar-refractivity contribution is -0.145. The van der Waals surface area contributed by atoms with Crippen molar-refractivity contribution in [3.63, 3.8) is 0 Å². The van der Waals surface area contributed by atoms with E-state index in [2.05, 4.69) is 0 Å². The molecule has 0 bridgehead atoms. The van der Waals surface area contributed by atoms with Crippen molar-refractivity contribution in [3.8, 4) is 0 Å². The predicted octanol–water partition coefficient (Wildman–Crippen LogP) is 2.99. The Kier molecular flexibility index (Phi) is 7.97. The highest BCUT2D eigenvalue weighted by Gasteiger charge is 2.26. The molecule has 0 aliphatic rings. The van der Waals surface area contributed by atoms with Gasteiger partial charge in [0.1, 0.15) is 0 Å². The normalized spacial score (nSPS) is 11.7. The van der Waals surface area contributed by atoms with Crippen LogP contribution in [0.2, 0.25) is 0 Å². The lowest BCUT2D eigenvalue weighted by Gasteiger charge is -2.06. The van der Waals surface area contributed by atoms with Gasteiger partial charge in [0.15, 0.2) is 0 Å². The molecule has 0 unspecified atom stereocenters. The van der Waals surface area contributed by atoms with Gasteiger partial charge in [-0.3, -0.25) is 4.79 Å². The van der Waals surface area contributed by atoms with Crippen molar-refractivity contribution in [1.29, 1.82) is 0 Å². The van der Waals surface area contributed by atoms with Gasteiger partial charge in [0, 0.05) is 13.0 Å². The van der Waals surface area contributed by atoms with Crippen LogP contribution in [0, 0.1) is 0 Å². The van der Waals surface area contributed by atoms with Crippen LogP contribution in [-0.4, -0.2) is 30.5 Å². The Balaban J connectivity index is 3.07. The highest BCUT2D eigenvalue weighted by molar-refractivity contribution is 5.66. The Hall–Kier alpha value is -0.780. The van der Waals surface area contributed by atoms with Gasteiger partial charge in [0.2, 0.25) is 0 Å². The number of ether oxygens (including phenoxy) is 1. The Morgan fingerprint density at radius 3 is 2.25 bits per heavy atom. The van der Waals surface area contributed by atoms with Gasteiger partial charge in [-0.1, -0.05) is 12.8 Å². The molecule has 0 aliphatic carbocycles. The maximum atomic E-state index is 11.7. The van der Waals surface area contributed by atoms with E-state index in [4.69, 9.17) is 9.84 Å². The first-order valence-electron chi connectivity index (χ1n) is 5.28. The van der Waals surface area contributed by atoms with E-state index in [1.54, 1.807) is 0 Å². The number of carboxylic acids is 1. The lowest BCUT2D eigenvalue weighted by Crippen LogP contribution is -2.11. The van der Waals surface area contributed by atoms with Crippen molar-refractivity contribution in [2.45, 2.75) is 44.7 Å². The first-order valence-corrected chi connectivity index (χ1v) is 5.28. The molecule has 0 aromatic rings. The SMILES string of the molecule is O=C(O)CCCCCCOCCC(F)(F)F. The number of alkyl halides is 3. The van der Waals surface area contributed by atoms with Gasteiger partial charge >= 0.3 is 12.1 Å². The first-order chi connectivity index (χ1) is 7.42. The molecule has 0 amide bonds. The van der Waals surface area contributed by atoms with Crippen LogP contribution in [-0.2, 0) is 9.53 Å². The van der Waals surface area contributed by atoms with Gasteiger partial charge in [0.25, 0.3) is 0 Å². The first kappa shape index (κ1) is 15.2. The van der Waals surface area contributed by atoms with Gasteiger partial charge in [-0.15, -0.1) is 0 Å². The van der Waals surface area contributed by atoms with Crippen molar-refractivity contribution >= 4 is 5.97 Å². The predicted molar refractivity (Wildman–Crippen MR) is 52.2 cm³/mol. The van der Waals surface area contributed by atoms with E-state index in [9.17, 15) is 18.0 Å². The van der Waals surface area contributed by atoms with Crippen molar-refractivity contribution in [3.05, 3.63) is 0 Å². The summed E-state index contributed by atoms with van der Waals surface area (Å²) in [7, 11) is 0. The lowest BCUT2D eigenvalue weighted by atomic mass is 10.1. The average Bonchev–Trinajstić information content (AvgIpc) is 2.13. The summed E-state index contributed by atoms with van der Waals surface area (Å²) in [5.74, 6) is -0.818. The maximum Gasteiger partial charge on any atom is 0.391 e. The molecule has 0 saturated heterocycles. The summed E-state index contributed by atoms with van der Waals surface area (Å²) in [6.07, 6.45) is -2.06. The van der Waals surface area contributed by atoms with E-state index < -0.39 is 18.6 Å². The summed E-state index contributed by atoms with van der Waals surface area (Å²) in [6, 6.07) is 0. The van der Waals surface area contributed by atoms with E-state index in [1.165, 1.54) is 0 Å². The quantitative estimate of drug-likeness (QED) is 0.632. The molecule has 96 valence electrons. The van der Waals surface area contributed by atoms with Crippen molar-refractivity contribution < 1.29 is 27.8 Å². The Labute approximate surface area is 92.6 Å². The monoisotopic (exact) mass is 242 g/mol.